The van der Waals surface area contributed by atoms with Crippen LogP contribution in [0.25, 0.3) is 0 Å². The third kappa shape index (κ3) is 4.53. The van der Waals surface area contributed by atoms with E-state index in [-0.39, 0.29) is 30.1 Å². The number of halogens is 1. The van der Waals surface area contributed by atoms with Gasteiger partial charge < -0.3 is 19.9 Å². The minimum absolute atomic E-state index is 0.161. The Bertz CT molecular complexity index is 969. The zero-order valence-corrected chi connectivity index (χ0v) is 17.4. The van der Waals surface area contributed by atoms with Gasteiger partial charge in [-0.2, -0.15) is 0 Å². The van der Waals surface area contributed by atoms with Gasteiger partial charge in [0.2, 0.25) is 5.91 Å². The number of amides is 2. The molecule has 0 spiro atoms. The summed E-state index contributed by atoms with van der Waals surface area (Å²) >= 11 is 0. The fourth-order valence-electron chi connectivity index (χ4n) is 3.89. The smallest absolute Gasteiger partial charge is 0.339 e. The van der Waals surface area contributed by atoms with Crippen LogP contribution in [0.1, 0.15) is 50.5 Å². The van der Waals surface area contributed by atoms with Gasteiger partial charge >= 0.3 is 5.97 Å². The van der Waals surface area contributed by atoms with E-state index in [4.69, 9.17) is 4.74 Å². The van der Waals surface area contributed by atoms with Gasteiger partial charge in [0.25, 0.3) is 5.91 Å². The molecule has 30 heavy (non-hydrogen) atoms. The Morgan fingerprint density at radius 3 is 2.77 bits per heavy atom. The molecule has 7 nitrogen and oxygen atoms in total. The summed E-state index contributed by atoms with van der Waals surface area (Å²) < 4.78 is 18.1. The van der Waals surface area contributed by atoms with E-state index in [0.29, 0.717) is 54.0 Å². The molecule has 1 saturated heterocycles. The van der Waals surface area contributed by atoms with E-state index >= 15 is 0 Å². The molecule has 1 aliphatic rings. The maximum Gasteiger partial charge on any atom is 0.339 e. The molecule has 8 heteroatoms. The van der Waals surface area contributed by atoms with Crippen molar-refractivity contribution < 1.29 is 23.5 Å². The van der Waals surface area contributed by atoms with E-state index in [1.165, 1.54) is 19.2 Å². The highest BCUT2D eigenvalue weighted by atomic mass is 19.1. The largest absolute Gasteiger partial charge is 0.465 e. The van der Waals surface area contributed by atoms with Crippen LogP contribution in [0.15, 0.2) is 24.3 Å². The SMILES string of the molecule is COC(=O)c1c(C)[nH]c(C(=O)N2CCCC(C(=O)NCc3cccc(F)c3)C2)c1C. The number of rotatable bonds is 5. The van der Waals surface area contributed by atoms with Crippen molar-refractivity contribution in [3.63, 3.8) is 0 Å². The maximum absolute atomic E-state index is 13.3. The van der Waals surface area contributed by atoms with Gasteiger partial charge in [-0.1, -0.05) is 12.1 Å². The minimum Gasteiger partial charge on any atom is -0.465 e. The molecule has 3 rings (SSSR count). The lowest BCUT2D eigenvalue weighted by atomic mass is 9.96. The Morgan fingerprint density at radius 1 is 1.30 bits per heavy atom. The molecule has 1 atom stereocenters. The molecule has 2 aromatic rings. The summed E-state index contributed by atoms with van der Waals surface area (Å²) in [6.07, 6.45) is 1.38. The highest BCUT2D eigenvalue weighted by Crippen LogP contribution is 2.23. The number of carbonyl (C=O) groups excluding carboxylic acids is 3. The van der Waals surface area contributed by atoms with Crippen molar-refractivity contribution in [3.8, 4) is 0 Å². The number of ether oxygens (including phenoxy) is 1. The molecule has 0 saturated carbocycles. The predicted octanol–water partition coefficient (Wildman–Crippen LogP) is 2.73. The van der Waals surface area contributed by atoms with Gasteiger partial charge in [0, 0.05) is 25.3 Å². The molecule has 0 bridgehead atoms. The highest BCUT2D eigenvalue weighted by Gasteiger charge is 2.31. The van der Waals surface area contributed by atoms with Gasteiger partial charge in [-0.25, -0.2) is 9.18 Å². The number of nitrogens with zero attached hydrogens (tertiary/aromatic N) is 1. The summed E-state index contributed by atoms with van der Waals surface area (Å²) in [5.74, 6) is -1.58. The molecule has 2 N–H and O–H groups in total. The van der Waals surface area contributed by atoms with Crippen molar-refractivity contribution in [3.05, 3.63) is 58.2 Å². The highest BCUT2D eigenvalue weighted by molar-refractivity contribution is 6.00. The molecule has 0 aliphatic carbocycles. The van der Waals surface area contributed by atoms with E-state index in [9.17, 15) is 18.8 Å². The van der Waals surface area contributed by atoms with Crippen LogP contribution in [0.5, 0.6) is 0 Å². The van der Waals surface area contributed by atoms with E-state index in [0.717, 1.165) is 0 Å². The first-order valence-electron chi connectivity index (χ1n) is 9.90. The predicted molar refractivity (Wildman–Crippen MR) is 108 cm³/mol. The number of hydrogen-bond acceptors (Lipinski definition) is 4. The first kappa shape index (κ1) is 21.5. The average Bonchev–Trinajstić information content (AvgIpc) is 3.05. The second-order valence-corrected chi connectivity index (χ2v) is 7.55. The zero-order chi connectivity index (χ0) is 21.8. The summed E-state index contributed by atoms with van der Waals surface area (Å²) in [4.78, 5) is 42.3. The quantitative estimate of drug-likeness (QED) is 0.735. The van der Waals surface area contributed by atoms with Gasteiger partial charge in [0.1, 0.15) is 11.5 Å². The molecular formula is C22H26FN3O4. The van der Waals surface area contributed by atoms with Gasteiger partial charge in [-0.05, 0) is 49.9 Å². The number of piperidine rings is 1. The van der Waals surface area contributed by atoms with E-state index in [1.807, 2.05) is 0 Å². The van der Waals surface area contributed by atoms with E-state index < -0.39 is 5.97 Å². The number of aromatic nitrogens is 1. The third-order valence-electron chi connectivity index (χ3n) is 5.48. The summed E-state index contributed by atoms with van der Waals surface area (Å²) in [5, 5.41) is 2.83. The standard InChI is InChI=1S/C22H26FN3O4/c1-13-18(22(29)30-3)14(2)25-19(13)21(28)26-9-5-7-16(12-26)20(27)24-11-15-6-4-8-17(23)10-15/h4,6,8,10,16,25H,5,7,9,11-12H2,1-3H3,(H,24,27). The number of benzene rings is 1. The van der Waals surface area contributed by atoms with Gasteiger partial charge in [-0.15, -0.1) is 0 Å². The number of H-pyrrole nitrogens is 1. The normalized spacial score (nSPS) is 16.3. The van der Waals surface area contributed by atoms with Crippen molar-refractivity contribution in [2.45, 2.75) is 33.2 Å². The summed E-state index contributed by atoms with van der Waals surface area (Å²) in [7, 11) is 1.30. The first-order chi connectivity index (χ1) is 14.3. The van der Waals surface area contributed by atoms with Gasteiger partial charge in [0.15, 0.2) is 0 Å². The second kappa shape index (κ2) is 9.11. The molecule has 0 radical (unpaired) electrons. The van der Waals surface area contributed by atoms with Gasteiger partial charge in [0.05, 0.1) is 18.6 Å². The van der Waals surface area contributed by atoms with Crippen LogP contribution in [0.2, 0.25) is 0 Å². The van der Waals surface area contributed by atoms with Crippen molar-refractivity contribution >= 4 is 17.8 Å². The second-order valence-electron chi connectivity index (χ2n) is 7.55. The third-order valence-corrected chi connectivity index (χ3v) is 5.48. The first-order valence-corrected chi connectivity index (χ1v) is 9.90. The van der Waals surface area contributed by atoms with Gasteiger partial charge in [-0.3, -0.25) is 9.59 Å². The zero-order valence-electron chi connectivity index (χ0n) is 17.4. The van der Waals surface area contributed by atoms with Crippen molar-refractivity contribution in [1.82, 2.24) is 15.2 Å². The number of esters is 1. The lowest BCUT2D eigenvalue weighted by molar-refractivity contribution is -0.126. The van der Waals surface area contributed by atoms with E-state index in [1.54, 1.807) is 30.9 Å². The van der Waals surface area contributed by atoms with Crippen LogP contribution < -0.4 is 5.32 Å². The van der Waals surface area contributed by atoms with Crippen LogP contribution in [0.4, 0.5) is 4.39 Å². The molecule has 1 unspecified atom stereocenters. The molecule has 1 aliphatic heterocycles. The molecule has 2 heterocycles. The Kier molecular flexibility index (Phi) is 6.54. The molecular weight excluding hydrogens is 389 g/mol. The van der Waals surface area contributed by atoms with Crippen LogP contribution in [0.3, 0.4) is 0 Å². The Labute approximate surface area is 174 Å². The molecule has 1 aromatic carbocycles. The topological polar surface area (TPSA) is 91.5 Å². The number of aryl methyl sites for hydroxylation is 1. The Balaban J connectivity index is 1.66. The monoisotopic (exact) mass is 415 g/mol. The number of carbonyl (C=O) groups is 3. The van der Waals surface area contributed by atoms with Crippen LogP contribution in [-0.2, 0) is 16.1 Å². The van der Waals surface area contributed by atoms with Crippen LogP contribution in [0, 0.1) is 25.6 Å². The number of nitrogens with one attached hydrogen (secondary N) is 2. The summed E-state index contributed by atoms with van der Waals surface area (Å²) in [6.45, 7) is 4.49. The summed E-state index contributed by atoms with van der Waals surface area (Å²) in [5.41, 5.74) is 2.50. The Hall–Kier alpha value is -3.16. The number of likely N-dealkylation sites (tertiary alicyclic amines) is 1. The van der Waals surface area contributed by atoms with Crippen LogP contribution in [-0.4, -0.2) is 47.9 Å². The number of aromatic amines is 1. The maximum atomic E-state index is 13.3. The van der Waals surface area contributed by atoms with Crippen molar-refractivity contribution in [2.75, 3.05) is 20.2 Å². The van der Waals surface area contributed by atoms with Crippen molar-refractivity contribution in [2.24, 2.45) is 5.92 Å². The minimum atomic E-state index is -0.492. The molecule has 2 amide bonds. The fraction of sp³-hybridized carbons (Fsp3) is 0.409. The van der Waals surface area contributed by atoms with E-state index in [2.05, 4.69) is 10.3 Å². The lowest BCUT2D eigenvalue weighted by Crippen LogP contribution is -2.45. The molecule has 1 fully saturated rings. The summed E-state index contributed by atoms with van der Waals surface area (Å²) in [6, 6.07) is 6.08. The average molecular weight is 415 g/mol. The lowest BCUT2D eigenvalue weighted by Gasteiger charge is -2.32. The molecule has 160 valence electrons. The number of methoxy groups -OCH3 is 1. The Morgan fingerprint density at radius 2 is 2.07 bits per heavy atom. The fourth-order valence-corrected chi connectivity index (χ4v) is 3.89. The van der Waals surface area contributed by atoms with Crippen molar-refractivity contribution in [1.29, 1.82) is 0 Å². The van der Waals surface area contributed by atoms with Crippen LogP contribution >= 0.6 is 0 Å². The number of hydrogen-bond donors (Lipinski definition) is 2. The molecule has 1 aromatic heterocycles.